The number of hydrogen-bond acceptors (Lipinski definition) is 13. The lowest BCUT2D eigenvalue weighted by Gasteiger charge is -2.20. The van der Waals surface area contributed by atoms with E-state index in [-0.39, 0.29) is 17.1 Å². The summed E-state index contributed by atoms with van der Waals surface area (Å²) in [5.41, 5.74) is 4.55. The Morgan fingerprint density at radius 1 is 1.21 bits per heavy atom. The molecule has 1 fully saturated rings. The molecule has 188 valence electrons. The molecule has 2 aromatic rings. The molecule has 1 aliphatic rings. The maximum atomic E-state index is 12.0. The van der Waals surface area contributed by atoms with E-state index < -0.39 is 66.1 Å². The average molecular weight is 545 g/mol. The highest BCUT2D eigenvalue weighted by atomic mass is 31.3. The highest BCUT2D eigenvalue weighted by Crippen LogP contribution is 2.67. The normalized spacial score (nSPS) is 28.1. The summed E-state index contributed by atoms with van der Waals surface area (Å²) in [6.07, 6.45) is -1.44. The average Bonchev–Trinajstić information content (AvgIpc) is 3.20. The zero-order chi connectivity index (χ0) is 25.5. The van der Waals surface area contributed by atoms with Gasteiger partial charge in [-0.3, -0.25) is 23.4 Å². The largest absolute Gasteiger partial charge is 0.488 e. The lowest BCUT2D eigenvalue weighted by molar-refractivity contribution is -0.0503. The molecule has 7 atom stereocenters. The zero-order valence-corrected chi connectivity index (χ0v) is 19.3. The molecule has 3 rings (SSSR count). The topological polar surface area (TPSA) is 279 Å². The quantitative estimate of drug-likeness (QED) is 0.138. The summed E-state index contributed by atoms with van der Waals surface area (Å²) in [7, 11) is -15.9. The number of fused-ring (bicyclic) bond motifs is 1. The van der Waals surface area contributed by atoms with E-state index in [0.29, 0.717) is 0 Å². The van der Waals surface area contributed by atoms with E-state index in [2.05, 4.69) is 28.1 Å². The fourth-order valence-electron chi connectivity index (χ4n) is 2.87. The van der Waals surface area contributed by atoms with Gasteiger partial charge in [0, 0.05) is 0 Å². The predicted molar refractivity (Wildman–Crippen MR) is 110 cm³/mol. The molecule has 0 aromatic carbocycles. The van der Waals surface area contributed by atoms with Crippen molar-refractivity contribution >= 4 is 40.4 Å². The molecule has 3 heterocycles. The molecule has 2 aromatic heterocycles. The van der Waals surface area contributed by atoms with Crippen molar-refractivity contribution in [3.63, 3.8) is 0 Å². The van der Waals surface area contributed by atoms with Gasteiger partial charge in [0.15, 0.2) is 17.4 Å². The Hall–Kier alpha value is -1.96. The molecular weight excluding hydrogens is 527 g/mol. The molecule has 4 unspecified atom stereocenters. The minimum Gasteiger partial charge on any atom is -0.387 e. The van der Waals surface area contributed by atoms with Crippen LogP contribution in [0.2, 0.25) is 0 Å². The summed E-state index contributed by atoms with van der Waals surface area (Å²) in [6.45, 7) is -0.980. The van der Waals surface area contributed by atoms with Crippen LogP contribution in [0.25, 0.3) is 11.2 Å². The van der Waals surface area contributed by atoms with Gasteiger partial charge in [-0.1, -0.05) is 5.92 Å². The van der Waals surface area contributed by atoms with Crippen LogP contribution in [0, 0.1) is 12.3 Å². The number of nitrogens with two attached hydrogens (primary N) is 1. The maximum Gasteiger partial charge on any atom is 0.488 e. The van der Waals surface area contributed by atoms with Gasteiger partial charge < -0.3 is 35.4 Å². The van der Waals surface area contributed by atoms with Gasteiger partial charge in [-0.2, -0.15) is 9.29 Å². The van der Waals surface area contributed by atoms with E-state index in [4.69, 9.17) is 16.9 Å². The van der Waals surface area contributed by atoms with Crippen molar-refractivity contribution in [2.75, 3.05) is 18.5 Å². The second-order valence-electron chi connectivity index (χ2n) is 6.72. The van der Waals surface area contributed by atoms with Crippen LogP contribution >= 0.6 is 23.2 Å². The van der Waals surface area contributed by atoms with E-state index in [1.54, 1.807) is 5.92 Å². The number of hydrogen-bond donors (Lipinski definition) is 7. The van der Waals surface area contributed by atoms with Gasteiger partial charge in [-0.15, -0.1) is 6.42 Å². The van der Waals surface area contributed by atoms with Crippen molar-refractivity contribution in [2.45, 2.75) is 24.5 Å². The third-order valence-electron chi connectivity index (χ3n) is 4.19. The molecule has 1 saturated heterocycles. The first-order valence-corrected chi connectivity index (χ1v) is 13.6. The van der Waals surface area contributed by atoms with Crippen molar-refractivity contribution < 1.29 is 56.5 Å². The first-order valence-electron chi connectivity index (χ1n) is 8.87. The summed E-state index contributed by atoms with van der Waals surface area (Å²) < 4.78 is 54.0. The van der Waals surface area contributed by atoms with E-state index in [0.717, 1.165) is 10.9 Å². The van der Waals surface area contributed by atoms with Crippen LogP contribution in [0.1, 0.15) is 6.23 Å². The van der Waals surface area contributed by atoms with Crippen molar-refractivity contribution in [1.29, 1.82) is 0 Å². The molecule has 0 radical (unpaired) electrons. The van der Waals surface area contributed by atoms with Crippen LogP contribution < -0.4 is 11.3 Å². The Morgan fingerprint density at radius 3 is 2.53 bits per heavy atom. The molecule has 0 spiro atoms. The van der Waals surface area contributed by atoms with Gasteiger partial charge in [0.2, 0.25) is 5.95 Å². The Bertz CT molecular complexity index is 1320. The first-order chi connectivity index (χ1) is 15.6. The summed E-state index contributed by atoms with van der Waals surface area (Å²) in [5, 5.41) is 20.5. The lowest BCUT2D eigenvalue weighted by Crippen LogP contribution is -2.33. The molecule has 21 heteroatoms. The Balaban J connectivity index is 1.70. The molecule has 8 N–H and O–H groups in total. The first kappa shape index (κ1) is 26.6. The van der Waals surface area contributed by atoms with E-state index >= 15 is 0 Å². The van der Waals surface area contributed by atoms with Crippen molar-refractivity contribution in [3.05, 3.63) is 16.7 Å². The standard InChI is InChI=1S/C13H18N5O13P3/c1-2-3-32(22,23)30-34(26,27)31-33(24,25)28-4-6-8(19)9(20)12(29-6)18-5-15-7-10(18)16-13(14)17-11(7)21/h1,5-6,8-9,12,19-20H,3-4H2,(H,22,23)(H,24,25)(H,26,27)(H3,14,16,17,21)/t6-,8?,9+,12-/m1/s1. The number of nitrogens with one attached hydrogen (secondary N) is 1. The summed E-state index contributed by atoms with van der Waals surface area (Å²) in [5.74, 6) is 1.44. The number of terminal acetylenes is 1. The van der Waals surface area contributed by atoms with Crippen LogP contribution in [0.5, 0.6) is 0 Å². The molecule has 0 saturated carbocycles. The number of ether oxygens (including phenoxy) is 1. The minimum absolute atomic E-state index is 0.103. The van der Waals surface area contributed by atoms with Crippen LogP contribution in [0.15, 0.2) is 11.1 Å². The number of aliphatic hydroxyl groups is 2. The van der Waals surface area contributed by atoms with E-state index in [9.17, 15) is 43.4 Å². The third kappa shape index (κ3) is 5.99. The van der Waals surface area contributed by atoms with E-state index in [1.165, 1.54) is 0 Å². The number of anilines is 1. The monoisotopic (exact) mass is 545 g/mol. The van der Waals surface area contributed by atoms with E-state index in [1.807, 2.05) is 0 Å². The van der Waals surface area contributed by atoms with Crippen LogP contribution in [0.3, 0.4) is 0 Å². The van der Waals surface area contributed by atoms with Crippen molar-refractivity contribution in [3.8, 4) is 12.3 Å². The van der Waals surface area contributed by atoms with Crippen LogP contribution in [-0.2, 0) is 31.6 Å². The van der Waals surface area contributed by atoms with Crippen molar-refractivity contribution in [1.82, 2.24) is 19.5 Å². The number of phosphoric acid groups is 2. The fourth-order valence-corrected chi connectivity index (χ4v) is 6.57. The van der Waals surface area contributed by atoms with Gasteiger partial charge in [0.05, 0.1) is 12.9 Å². The molecule has 34 heavy (non-hydrogen) atoms. The van der Waals surface area contributed by atoms with Crippen molar-refractivity contribution in [2.24, 2.45) is 0 Å². The predicted octanol–water partition coefficient (Wildman–Crippen LogP) is -1.61. The summed E-state index contributed by atoms with van der Waals surface area (Å²) >= 11 is 0. The van der Waals surface area contributed by atoms with Gasteiger partial charge in [-0.05, 0) is 0 Å². The lowest BCUT2D eigenvalue weighted by atomic mass is 10.1. The third-order valence-corrected chi connectivity index (χ3v) is 8.75. The fraction of sp³-hybridized carbons (Fsp3) is 0.462. The minimum atomic E-state index is -5.61. The molecule has 0 aliphatic carbocycles. The van der Waals surface area contributed by atoms with Gasteiger partial charge >= 0.3 is 23.2 Å². The van der Waals surface area contributed by atoms with Crippen LogP contribution in [0.4, 0.5) is 5.95 Å². The molecule has 0 bridgehead atoms. The molecule has 1 aliphatic heterocycles. The number of imidazole rings is 1. The maximum absolute atomic E-state index is 12.0. The molecule has 0 amide bonds. The Kier molecular flexibility index (Phi) is 7.52. The number of nitrogens with zero attached hydrogens (tertiary/aromatic N) is 3. The van der Waals surface area contributed by atoms with Gasteiger partial charge in [-0.25, -0.2) is 18.4 Å². The number of phosphoric ester groups is 1. The van der Waals surface area contributed by atoms with Crippen LogP contribution in [-0.4, -0.2) is 75.5 Å². The Morgan fingerprint density at radius 2 is 1.88 bits per heavy atom. The van der Waals surface area contributed by atoms with Gasteiger partial charge in [0.25, 0.3) is 5.56 Å². The molecule has 18 nitrogen and oxygen atoms in total. The number of H-pyrrole nitrogens is 1. The number of rotatable bonds is 9. The molecular formula is C13H18N5O13P3. The Labute approximate surface area is 189 Å². The number of aliphatic hydroxyl groups excluding tert-OH is 2. The zero-order valence-electron chi connectivity index (χ0n) is 16.6. The van der Waals surface area contributed by atoms with Gasteiger partial charge in [0.1, 0.15) is 24.5 Å². The summed E-state index contributed by atoms with van der Waals surface area (Å²) in [4.78, 5) is 50.2. The SMILES string of the molecule is C#CCP(=O)(O)OP(=O)(O)OP(=O)(O)OC[C@H]1O[C@@H](n2cnc3c(=O)[nH]c(N)nc32)[C@@H](O)C1O. The summed E-state index contributed by atoms with van der Waals surface area (Å²) in [6, 6.07) is 0. The highest BCUT2D eigenvalue weighted by molar-refractivity contribution is 7.68. The second kappa shape index (κ2) is 9.59. The number of aromatic nitrogens is 4. The second-order valence-corrected chi connectivity index (χ2v) is 11.7. The smallest absolute Gasteiger partial charge is 0.387 e. The number of aromatic amines is 1. The highest BCUT2D eigenvalue weighted by Gasteiger charge is 2.47. The number of nitrogen functional groups attached to an aromatic ring is 1.